The first kappa shape index (κ1) is 19.3. The van der Waals surface area contributed by atoms with Crippen LogP contribution in [0.15, 0.2) is 54.2 Å². The fourth-order valence-electron chi connectivity index (χ4n) is 3.82. The van der Waals surface area contributed by atoms with Gasteiger partial charge in [-0.15, -0.1) is 0 Å². The van der Waals surface area contributed by atoms with Crippen molar-refractivity contribution in [2.45, 2.75) is 6.92 Å². The molecule has 1 saturated heterocycles. The molecule has 2 heterocycles. The highest BCUT2D eigenvalue weighted by Gasteiger charge is 2.43. The molecule has 0 bridgehead atoms. The van der Waals surface area contributed by atoms with Crippen LogP contribution in [0.4, 0.5) is 14.5 Å². The number of piperazine rings is 1. The molecule has 150 valence electrons. The van der Waals surface area contributed by atoms with Crippen molar-refractivity contribution in [2.24, 2.45) is 0 Å². The summed E-state index contributed by atoms with van der Waals surface area (Å²) in [5.74, 6) is -3.17. The second-order valence-corrected chi connectivity index (χ2v) is 7.06. The minimum atomic E-state index is -1.10. The van der Waals surface area contributed by atoms with E-state index in [0.29, 0.717) is 29.9 Å². The molecule has 0 saturated carbocycles. The first-order valence-corrected chi connectivity index (χ1v) is 9.62. The van der Waals surface area contributed by atoms with E-state index in [1.165, 1.54) is 6.07 Å². The van der Waals surface area contributed by atoms with Gasteiger partial charge in [-0.1, -0.05) is 37.3 Å². The fraction of sp³-hybridized carbons (Fsp3) is 0.273. The number of hydrogen-bond donors (Lipinski definition) is 0. The van der Waals surface area contributed by atoms with E-state index >= 15 is 0 Å². The number of hydrogen-bond acceptors (Lipinski definition) is 4. The molecule has 0 unspecified atom stereocenters. The number of imide groups is 1. The summed E-state index contributed by atoms with van der Waals surface area (Å²) in [7, 11) is 0. The zero-order valence-corrected chi connectivity index (χ0v) is 16.1. The van der Waals surface area contributed by atoms with Gasteiger partial charge in [-0.05, 0) is 24.2 Å². The molecule has 0 radical (unpaired) electrons. The van der Waals surface area contributed by atoms with E-state index in [4.69, 9.17) is 0 Å². The zero-order chi connectivity index (χ0) is 20.5. The van der Waals surface area contributed by atoms with Crippen LogP contribution in [0.1, 0.15) is 12.5 Å². The largest absolute Gasteiger partial charge is 0.364 e. The van der Waals surface area contributed by atoms with Crippen LogP contribution < -0.4 is 4.90 Å². The molecule has 0 N–H and O–H groups in total. The molecule has 2 aromatic carbocycles. The highest BCUT2D eigenvalue weighted by Crippen LogP contribution is 2.35. The van der Waals surface area contributed by atoms with Gasteiger partial charge in [-0.2, -0.15) is 0 Å². The van der Waals surface area contributed by atoms with Crippen LogP contribution in [0.5, 0.6) is 0 Å². The summed E-state index contributed by atoms with van der Waals surface area (Å²) in [6.45, 7) is 5.81. The molecule has 0 aliphatic carbocycles. The Morgan fingerprint density at radius 2 is 1.55 bits per heavy atom. The summed E-state index contributed by atoms with van der Waals surface area (Å²) in [4.78, 5) is 31.7. The van der Waals surface area contributed by atoms with Gasteiger partial charge >= 0.3 is 0 Å². The summed E-state index contributed by atoms with van der Waals surface area (Å²) < 4.78 is 27.2. The number of carbonyl (C=O) groups is 2. The van der Waals surface area contributed by atoms with E-state index in [0.717, 1.165) is 36.7 Å². The number of halogens is 2. The molecule has 2 aliphatic heterocycles. The van der Waals surface area contributed by atoms with Crippen LogP contribution in [0.3, 0.4) is 0 Å². The molecule has 0 atom stereocenters. The van der Waals surface area contributed by atoms with Crippen molar-refractivity contribution in [1.29, 1.82) is 0 Å². The van der Waals surface area contributed by atoms with Gasteiger partial charge in [0.2, 0.25) is 0 Å². The molecule has 2 amide bonds. The first-order valence-electron chi connectivity index (χ1n) is 9.62. The zero-order valence-electron chi connectivity index (χ0n) is 16.1. The highest BCUT2D eigenvalue weighted by molar-refractivity contribution is 6.45. The average molecular weight is 397 g/mol. The second-order valence-electron chi connectivity index (χ2n) is 7.06. The Labute approximate surface area is 167 Å². The summed E-state index contributed by atoms with van der Waals surface area (Å²) in [5.41, 5.74) is 1.27. The minimum Gasteiger partial charge on any atom is -0.364 e. The lowest BCUT2D eigenvalue weighted by Gasteiger charge is -2.36. The van der Waals surface area contributed by atoms with Crippen molar-refractivity contribution in [3.63, 3.8) is 0 Å². The minimum absolute atomic E-state index is 0.0227. The molecule has 4 rings (SSSR count). The van der Waals surface area contributed by atoms with E-state index in [9.17, 15) is 18.4 Å². The van der Waals surface area contributed by atoms with Crippen molar-refractivity contribution in [3.05, 3.63) is 71.4 Å². The summed E-state index contributed by atoms with van der Waals surface area (Å²) in [6, 6.07) is 12.0. The Morgan fingerprint density at radius 3 is 2.17 bits per heavy atom. The van der Waals surface area contributed by atoms with Crippen LogP contribution in [-0.2, 0) is 9.59 Å². The molecular weight excluding hydrogens is 376 g/mol. The van der Waals surface area contributed by atoms with Crippen LogP contribution >= 0.6 is 0 Å². The number of anilines is 1. The van der Waals surface area contributed by atoms with E-state index in [1.807, 2.05) is 11.0 Å². The Hall–Kier alpha value is -3.06. The number of rotatable bonds is 4. The van der Waals surface area contributed by atoms with Crippen LogP contribution in [0, 0.1) is 11.6 Å². The number of amides is 2. The quantitative estimate of drug-likeness (QED) is 0.745. The van der Waals surface area contributed by atoms with Gasteiger partial charge in [-0.25, -0.2) is 13.7 Å². The van der Waals surface area contributed by atoms with Gasteiger partial charge in [-0.3, -0.25) is 9.59 Å². The third-order valence-electron chi connectivity index (χ3n) is 5.42. The molecule has 5 nitrogen and oxygen atoms in total. The lowest BCUT2D eigenvalue weighted by atomic mass is 10.0. The molecule has 2 aromatic rings. The highest BCUT2D eigenvalue weighted by atomic mass is 19.2. The van der Waals surface area contributed by atoms with E-state index < -0.39 is 23.4 Å². The Balaban J connectivity index is 1.77. The van der Waals surface area contributed by atoms with Gasteiger partial charge < -0.3 is 9.80 Å². The molecule has 2 aliphatic rings. The molecule has 0 spiro atoms. The van der Waals surface area contributed by atoms with Crippen LogP contribution in [-0.4, -0.2) is 54.3 Å². The molecule has 1 fully saturated rings. The maximum Gasteiger partial charge on any atom is 0.282 e. The van der Waals surface area contributed by atoms with Crippen molar-refractivity contribution in [2.75, 3.05) is 37.6 Å². The van der Waals surface area contributed by atoms with Crippen molar-refractivity contribution in [1.82, 2.24) is 9.80 Å². The SMILES string of the molecule is CCN1CCN(C2=C(c3ccccc3)C(=O)N(c3ccc(F)c(F)c3)C2=O)CC1. The molecule has 0 aromatic heterocycles. The number of nitrogens with zero attached hydrogens (tertiary/aromatic N) is 3. The Morgan fingerprint density at radius 1 is 0.862 bits per heavy atom. The van der Waals surface area contributed by atoms with Crippen molar-refractivity contribution >= 4 is 23.1 Å². The normalized spacial score (nSPS) is 18.2. The average Bonchev–Trinajstić information content (AvgIpc) is 3.01. The number of likely N-dealkylation sites (N-methyl/N-ethyl adjacent to an activating group) is 1. The number of benzene rings is 2. The maximum atomic E-state index is 13.8. The van der Waals surface area contributed by atoms with Crippen LogP contribution in [0.2, 0.25) is 0 Å². The maximum absolute atomic E-state index is 13.8. The van der Waals surface area contributed by atoms with Gasteiger partial charge in [0.1, 0.15) is 5.70 Å². The summed E-state index contributed by atoms with van der Waals surface area (Å²) >= 11 is 0. The summed E-state index contributed by atoms with van der Waals surface area (Å²) in [5, 5.41) is 0. The third-order valence-corrected chi connectivity index (χ3v) is 5.42. The number of carbonyl (C=O) groups excluding carboxylic acids is 2. The predicted octanol–water partition coefficient (Wildman–Crippen LogP) is 2.89. The Bertz CT molecular complexity index is 983. The standard InChI is InChI=1S/C22H21F2N3O2/c1-2-25-10-12-26(13-11-25)20-19(15-6-4-3-5-7-15)21(28)27(22(20)29)16-8-9-17(23)18(24)14-16/h3-9,14H,2,10-13H2,1H3. The second kappa shape index (κ2) is 7.75. The van der Waals surface area contributed by atoms with E-state index in [-0.39, 0.29) is 5.69 Å². The fourth-order valence-corrected chi connectivity index (χ4v) is 3.82. The van der Waals surface area contributed by atoms with Crippen LogP contribution in [0.25, 0.3) is 5.57 Å². The topological polar surface area (TPSA) is 43.9 Å². The van der Waals surface area contributed by atoms with Gasteiger partial charge in [0, 0.05) is 32.2 Å². The Kier molecular flexibility index (Phi) is 5.15. The lowest BCUT2D eigenvalue weighted by molar-refractivity contribution is -0.120. The molecule has 7 heteroatoms. The van der Waals surface area contributed by atoms with Crippen molar-refractivity contribution in [3.8, 4) is 0 Å². The molecule has 29 heavy (non-hydrogen) atoms. The first-order chi connectivity index (χ1) is 14.0. The van der Waals surface area contributed by atoms with E-state index in [1.54, 1.807) is 24.3 Å². The van der Waals surface area contributed by atoms with Gasteiger partial charge in [0.25, 0.3) is 11.8 Å². The molecular formula is C22H21F2N3O2. The smallest absolute Gasteiger partial charge is 0.282 e. The lowest BCUT2D eigenvalue weighted by Crippen LogP contribution is -2.47. The third kappa shape index (κ3) is 3.42. The van der Waals surface area contributed by atoms with E-state index in [2.05, 4.69) is 11.8 Å². The van der Waals surface area contributed by atoms with Gasteiger partial charge in [0.05, 0.1) is 11.3 Å². The summed E-state index contributed by atoms with van der Waals surface area (Å²) in [6.07, 6.45) is 0. The van der Waals surface area contributed by atoms with Crippen molar-refractivity contribution < 1.29 is 18.4 Å². The van der Waals surface area contributed by atoms with Gasteiger partial charge in [0.15, 0.2) is 11.6 Å². The monoisotopic (exact) mass is 397 g/mol. The predicted molar refractivity (Wildman–Crippen MR) is 106 cm³/mol.